The van der Waals surface area contributed by atoms with Crippen molar-refractivity contribution in [2.24, 2.45) is 0 Å². The van der Waals surface area contributed by atoms with Gasteiger partial charge in [-0.1, -0.05) is 19.8 Å². The third-order valence-corrected chi connectivity index (χ3v) is 3.91. The van der Waals surface area contributed by atoms with Crippen molar-refractivity contribution in [3.05, 3.63) is 30.1 Å². The van der Waals surface area contributed by atoms with E-state index in [1.165, 1.54) is 12.1 Å². The van der Waals surface area contributed by atoms with Crippen LogP contribution in [0.3, 0.4) is 0 Å². The van der Waals surface area contributed by atoms with Crippen molar-refractivity contribution in [3.63, 3.8) is 0 Å². The number of benzene rings is 1. The van der Waals surface area contributed by atoms with Gasteiger partial charge in [0.05, 0.1) is 19.5 Å². The standard InChI is InChI=1S/C17H23FN2O4/c1-2-3-4-13(9-16(21)22)19-17(23)20-10-15(11-20)24-14-7-5-12(18)6-8-14/h5-8,13,15H,2-4,9-11H2,1H3,(H,19,23)(H,21,22)/t13-/m0/s1. The highest BCUT2D eigenvalue weighted by molar-refractivity contribution is 5.76. The topological polar surface area (TPSA) is 78.9 Å². The molecular formula is C17H23FN2O4. The molecule has 0 radical (unpaired) electrons. The molecule has 0 aromatic heterocycles. The predicted molar refractivity (Wildman–Crippen MR) is 86.5 cm³/mol. The molecular weight excluding hydrogens is 315 g/mol. The van der Waals surface area contributed by atoms with E-state index in [0.717, 1.165) is 12.8 Å². The van der Waals surface area contributed by atoms with Gasteiger partial charge in [-0.25, -0.2) is 9.18 Å². The number of carboxylic acid groups (broad SMARTS) is 1. The van der Waals surface area contributed by atoms with Crippen LogP contribution in [-0.4, -0.2) is 47.2 Å². The molecule has 7 heteroatoms. The number of amides is 2. The Balaban J connectivity index is 1.75. The molecule has 24 heavy (non-hydrogen) atoms. The summed E-state index contributed by atoms with van der Waals surface area (Å²) in [5.41, 5.74) is 0. The summed E-state index contributed by atoms with van der Waals surface area (Å²) in [6, 6.07) is 5.12. The number of likely N-dealkylation sites (tertiary alicyclic amines) is 1. The van der Waals surface area contributed by atoms with E-state index >= 15 is 0 Å². The van der Waals surface area contributed by atoms with Gasteiger partial charge < -0.3 is 20.1 Å². The Bertz CT molecular complexity index is 558. The fourth-order valence-electron chi connectivity index (χ4n) is 2.54. The number of unbranched alkanes of at least 4 members (excludes halogenated alkanes) is 1. The lowest BCUT2D eigenvalue weighted by Gasteiger charge is -2.39. The zero-order chi connectivity index (χ0) is 17.5. The molecule has 1 aliphatic heterocycles. The zero-order valence-corrected chi connectivity index (χ0v) is 13.7. The molecule has 2 amide bonds. The maximum atomic E-state index is 12.8. The number of carbonyl (C=O) groups excluding carboxylic acids is 1. The molecule has 0 spiro atoms. The van der Waals surface area contributed by atoms with Crippen LogP contribution >= 0.6 is 0 Å². The number of nitrogens with one attached hydrogen (secondary N) is 1. The third-order valence-electron chi connectivity index (χ3n) is 3.91. The first-order valence-electron chi connectivity index (χ1n) is 8.17. The number of hydrogen-bond acceptors (Lipinski definition) is 3. The Morgan fingerprint density at radius 3 is 2.62 bits per heavy atom. The molecule has 1 aromatic rings. The summed E-state index contributed by atoms with van der Waals surface area (Å²) in [5, 5.41) is 11.7. The van der Waals surface area contributed by atoms with E-state index < -0.39 is 5.97 Å². The van der Waals surface area contributed by atoms with Crippen LogP contribution in [0.5, 0.6) is 5.75 Å². The Morgan fingerprint density at radius 2 is 2.04 bits per heavy atom. The van der Waals surface area contributed by atoms with Gasteiger partial charge in [-0.05, 0) is 30.7 Å². The van der Waals surface area contributed by atoms with Gasteiger partial charge in [0.2, 0.25) is 0 Å². The van der Waals surface area contributed by atoms with Crippen LogP contribution in [0.4, 0.5) is 9.18 Å². The van der Waals surface area contributed by atoms with Crippen molar-refractivity contribution in [1.82, 2.24) is 10.2 Å². The molecule has 0 saturated carbocycles. The number of hydrogen-bond donors (Lipinski definition) is 2. The highest BCUT2D eigenvalue weighted by atomic mass is 19.1. The van der Waals surface area contributed by atoms with E-state index in [1.54, 1.807) is 17.0 Å². The van der Waals surface area contributed by atoms with Crippen LogP contribution in [0.25, 0.3) is 0 Å². The summed E-state index contributed by atoms with van der Waals surface area (Å²) in [6.45, 7) is 2.88. The second-order valence-electron chi connectivity index (χ2n) is 5.99. The minimum absolute atomic E-state index is 0.0743. The molecule has 1 atom stereocenters. The van der Waals surface area contributed by atoms with Crippen molar-refractivity contribution in [1.29, 1.82) is 0 Å². The minimum atomic E-state index is -0.919. The van der Waals surface area contributed by atoms with Crippen LogP contribution in [0, 0.1) is 5.82 Å². The number of rotatable bonds is 8. The lowest BCUT2D eigenvalue weighted by molar-refractivity contribution is -0.137. The van der Waals surface area contributed by atoms with Gasteiger partial charge in [-0.2, -0.15) is 0 Å². The van der Waals surface area contributed by atoms with Crippen LogP contribution < -0.4 is 10.1 Å². The number of halogens is 1. The number of aliphatic carboxylic acids is 1. The molecule has 0 aliphatic carbocycles. The molecule has 132 valence electrons. The lowest BCUT2D eigenvalue weighted by atomic mass is 10.1. The highest BCUT2D eigenvalue weighted by Gasteiger charge is 2.33. The van der Waals surface area contributed by atoms with Crippen molar-refractivity contribution in [3.8, 4) is 5.75 Å². The first-order chi connectivity index (χ1) is 11.5. The van der Waals surface area contributed by atoms with Gasteiger partial charge in [-0.3, -0.25) is 4.79 Å². The Hall–Kier alpha value is -2.31. The van der Waals surface area contributed by atoms with Gasteiger partial charge in [0.15, 0.2) is 0 Å². The van der Waals surface area contributed by atoms with Crippen molar-refractivity contribution in [2.45, 2.75) is 44.8 Å². The number of nitrogens with zero attached hydrogens (tertiary/aromatic N) is 1. The largest absolute Gasteiger partial charge is 0.487 e. The van der Waals surface area contributed by atoms with E-state index in [1.807, 2.05) is 6.92 Å². The Kier molecular flexibility index (Phi) is 6.40. The normalized spacial score (nSPS) is 15.5. The SMILES string of the molecule is CCCC[C@@H](CC(=O)O)NC(=O)N1CC(Oc2ccc(F)cc2)C1. The first-order valence-corrected chi connectivity index (χ1v) is 8.17. The number of carbonyl (C=O) groups is 2. The lowest BCUT2D eigenvalue weighted by Crippen LogP contribution is -2.60. The van der Waals surface area contributed by atoms with Crippen LogP contribution in [0.1, 0.15) is 32.6 Å². The first kappa shape index (κ1) is 18.0. The van der Waals surface area contributed by atoms with Crippen molar-refractivity contribution in [2.75, 3.05) is 13.1 Å². The number of carboxylic acids is 1. The van der Waals surface area contributed by atoms with Crippen LogP contribution in [0.15, 0.2) is 24.3 Å². The summed E-state index contributed by atoms with van der Waals surface area (Å²) in [7, 11) is 0. The summed E-state index contributed by atoms with van der Waals surface area (Å²) in [4.78, 5) is 24.6. The smallest absolute Gasteiger partial charge is 0.317 e. The quantitative estimate of drug-likeness (QED) is 0.764. The Labute approximate surface area is 140 Å². The molecule has 1 aromatic carbocycles. The van der Waals surface area contributed by atoms with Gasteiger partial charge in [0, 0.05) is 6.04 Å². The number of urea groups is 1. The van der Waals surface area contributed by atoms with E-state index in [-0.39, 0.29) is 30.4 Å². The highest BCUT2D eigenvalue weighted by Crippen LogP contribution is 2.19. The molecule has 0 bridgehead atoms. The fourth-order valence-corrected chi connectivity index (χ4v) is 2.54. The van der Waals surface area contributed by atoms with Crippen molar-refractivity contribution >= 4 is 12.0 Å². The monoisotopic (exact) mass is 338 g/mol. The Morgan fingerprint density at radius 1 is 1.38 bits per heavy atom. The van der Waals surface area contributed by atoms with E-state index in [9.17, 15) is 14.0 Å². The minimum Gasteiger partial charge on any atom is -0.487 e. The van der Waals surface area contributed by atoms with Crippen molar-refractivity contribution < 1.29 is 23.8 Å². The van der Waals surface area contributed by atoms with Gasteiger partial charge >= 0.3 is 12.0 Å². The van der Waals surface area contributed by atoms with Gasteiger partial charge in [0.1, 0.15) is 17.7 Å². The molecule has 1 aliphatic rings. The molecule has 1 fully saturated rings. The second-order valence-corrected chi connectivity index (χ2v) is 5.99. The summed E-state index contributed by atoms with van der Waals surface area (Å²) >= 11 is 0. The maximum Gasteiger partial charge on any atom is 0.317 e. The molecule has 1 saturated heterocycles. The summed E-state index contributed by atoms with van der Waals surface area (Å²) in [6.07, 6.45) is 2.26. The van der Waals surface area contributed by atoms with E-state index in [4.69, 9.17) is 9.84 Å². The molecule has 2 N–H and O–H groups in total. The van der Waals surface area contributed by atoms with E-state index in [2.05, 4.69) is 5.32 Å². The zero-order valence-electron chi connectivity index (χ0n) is 13.7. The molecule has 2 rings (SSSR count). The number of ether oxygens (including phenoxy) is 1. The van der Waals surface area contributed by atoms with Gasteiger partial charge in [-0.15, -0.1) is 0 Å². The summed E-state index contributed by atoms with van der Waals surface area (Å²) < 4.78 is 18.5. The van der Waals surface area contributed by atoms with Gasteiger partial charge in [0.25, 0.3) is 0 Å². The van der Waals surface area contributed by atoms with E-state index in [0.29, 0.717) is 25.3 Å². The van der Waals surface area contributed by atoms with Crippen LogP contribution in [-0.2, 0) is 4.79 Å². The third kappa shape index (κ3) is 5.40. The average molecular weight is 338 g/mol. The average Bonchev–Trinajstić information content (AvgIpc) is 2.49. The second kappa shape index (κ2) is 8.52. The maximum absolute atomic E-state index is 12.8. The molecule has 1 heterocycles. The molecule has 6 nitrogen and oxygen atoms in total. The predicted octanol–water partition coefficient (Wildman–Crippen LogP) is 2.63. The molecule has 0 unspecified atom stereocenters. The fraction of sp³-hybridized carbons (Fsp3) is 0.529. The van der Waals surface area contributed by atoms with Crippen LogP contribution in [0.2, 0.25) is 0 Å². The summed E-state index contributed by atoms with van der Waals surface area (Å²) in [5.74, 6) is -0.681.